The predicted octanol–water partition coefficient (Wildman–Crippen LogP) is 3.57. The third-order valence-corrected chi connectivity index (χ3v) is 5.59. The molecular weight excluding hydrogens is 452 g/mol. The summed E-state index contributed by atoms with van der Waals surface area (Å²) in [6.45, 7) is 6.41. The molecule has 7 heteroatoms. The molecule has 2 unspecified atom stereocenters. The Morgan fingerprint density at radius 2 is 1.39 bits per heavy atom. The third kappa shape index (κ3) is 8.92. The van der Waals surface area contributed by atoms with Crippen LogP contribution in [0, 0.1) is 0 Å². The van der Waals surface area contributed by atoms with Crippen molar-refractivity contribution in [3.8, 4) is 0 Å². The molecule has 2 atom stereocenters. The fraction of sp³-hybridized carbons (Fsp3) is 0.241. The minimum absolute atomic E-state index is 0.0191. The lowest BCUT2D eigenvalue weighted by Gasteiger charge is -2.18. The molecule has 0 saturated heterocycles. The second kappa shape index (κ2) is 13.7. The van der Waals surface area contributed by atoms with Crippen LogP contribution in [0.1, 0.15) is 35.1 Å². The molecule has 0 radical (unpaired) electrons. The molecule has 3 aromatic rings. The lowest BCUT2D eigenvalue weighted by Crippen LogP contribution is -2.41. The summed E-state index contributed by atoms with van der Waals surface area (Å²) in [4.78, 5) is 25.0. The number of aliphatic hydroxyl groups excluding tert-OH is 1. The monoisotopic (exact) mass is 486 g/mol. The Labute approximate surface area is 212 Å². The Morgan fingerprint density at radius 1 is 0.806 bits per heavy atom. The summed E-state index contributed by atoms with van der Waals surface area (Å²) >= 11 is 0. The number of carbonyl (C=O) groups excluding carboxylic acids is 2. The second-order valence-electron chi connectivity index (χ2n) is 8.71. The Balaban J connectivity index is 1.55. The zero-order valence-electron chi connectivity index (χ0n) is 20.5. The maximum atomic E-state index is 13.2. The van der Waals surface area contributed by atoms with Crippen LogP contribution in [0.5, 0.6) is 0 Å². The molecular formula is C29H34N4O3. The van der Waals surface area contributed by atoms with Crippen molar-refractivity contribution in [1.29, 1.82) is 0 Å². The normalized spacial score (nSPS) is 12.2. The first-order chi connectivity index (χ1) is 17.4. The maximum Gasteiger partial charge on any atom is 0.320 e. The van der Waals surface area contributed by atoms with Crippen LogP contribution < -0.4 is 21.3 Å². The van der Waals surface area contributed by atoms with E-state index in [-0.39, 0.29) is 18.4 Å². The number of benzene rings is 3. The number of aliphatic hydroxyl groups is 1. The van der Waals surface area contributed by atoms with Gasteiger partial charge in [0.05, 0.1) is 17.8 Å². The maximum absolute atomic E-state index is 13.2. The lowest BCUT2D eigenvalue weighted by molar-refractivity contribution is -0.122. The first kappa shape index (κ1) is 26.5. The molecule has 0 spiro atoms. The van der Waals surface area contributed by atoms with Crippen molar-refractivity contribution in [1.82, 2.24) is 21.3 Å². The van der Waals surface area contributed by atoms with Crippen LogP contribution in [-0.4, -0.2) is 29.7 Å². The minimum Gasteiger partial charge on any atom is -0.392 e. The minimum atomic E-state index is -0.624. The number of hydrogen-bond donors (Lipinski definition) is 5. The summed E-state index contributed by atoms with van der Waals surface area (Å²) < 4.78 is 0. The van der Waals surface area contributed by atoms with E-state index in [0.717, 1.165) is 22.3 Å². The summed E-state index contributed by atoms with van der Waals surface area (Å²) in [5.74, 6) is 0.0468. The first-order valence-electron chi connectivity index (χ1n) is 12.0. The van der Waals surface area contributed by atoms with Gasteiger partial charge in [-0.15, -0.1) is 0 Å². The number of urea groups is 1. The number of rotatable bonds is 12. The molecule has 188 valence electrons. The Morgan fingerprint density at radius 3 is 2.03 bits per heavy atom. The van der Waals surface area contributed by atoms with Crippen LogP contribution in [-0.2, 0) is 24.3 Å². The molecule has 5 N–H and O–H groups in total. The molecule has 0 saturated carbocycles. The van der Waals surface area contributed by atoms with Gasteiger partial charge >= 0.3 is 6.03 Å². The highest BCUT2D eigenvalue weighted by atomic mass is 16.3. The zero-order valence-corrected chi connectivity index (χ0v) is 20.5. The van der Waals surface area contributed by atoms with Gasteiger partial charge in [0.25, 0.3) is 0 Å². The molecule has 0 heterocycles. The standard InChI is InChI=1S/C29H34N4O3/c1-21(34)18-32-29(36)33-22(2)30-19-24-12-9-13-25(16-24)20-31-28(35)27(26-14-7-4-8-15-26)17-23-10-5-3-6-11-23/h3-16,21,27,30,34H,2,17-20H2,1H3,(H,31,35)(H2,32,33,36). The van der Waals surface area contributed by atoms with E-state index in [4.69, 9.17) is 0 Å². The molecule has 36 heavy (non-hydrogen) atoms. The molecule has 3 aromatic carbocycles. The summed E-state index contributed by atoms with van der Waals surface area (Å²) in [6, 6.07) is 27.3. The Bertz CT molecular complexity index is 1130. The van der Waals surface area contributed by atoms with Crippen LogP contribution in [0.2, 0.25) is 0 Å². The van der Waals surface area contributed by atoms with E-state index in [9.17, 15) is 14.7 Å². The van der Waals surface area contributed by atoms with E-state index in [2.05, 4.69) is 27.8 Å². The number of carbonyl (C=O) groups is 2. The van der Waals surface area contributed by atoms with Crippen molar-refractivity contribution in [2.75, 3.05) is 6.54 Å². The number of amides is 3. The largest absolute Gasteiger partial charge is 0.392 e. The van der Waals surface area contributed by atoms with Gasteiger partial charge in [0.2, 0.25) is 5.91 Å². The highest BCUT2D eigenvalue weighted by Crippen LogP contribution is 2.21. The quantitative estimate of drug-likeness (QED) is 0.270. The topological polar surface area (TPSA) is 102 Å². The van der Waals surface area contributed by atoms with Crippen LogP contribution in [0.25, 0.3) is 0 Å². The van der Waals surface area contributed by atoms with E-state index >= 15 is 0 Å². The summed E-state index contributed by atoms with van der Waals surface area (Å²) in [6.07, 6.45) is 0.00195. The van der Waals surface area contributed by atoms with Gasteiger partial charge in [-0.1, -0.05) is 91.5 Å². The van der Waals surface area contributed by atoms with Crippen LogP contribution >= 0.6 is 0 Å². The van der Waals surface area contributed by atoms with E-state index in [1.165, 1.54) is 0 Å². The fourth-order valence-electron chi connectivity index (χ4n) is 3.73. The highest BCUT2D eigenvalue weighted by molar-refractivity contribution is 5.84. The van der Waals surface area contributed by atoms with Crippen molar-refractivity contribution in [3.05, 3.63) is 120 Å². The summed E-state index contributed by atoms with van der Waals surface area (Å²) in [7, 11) is 0. The van der Waals surface area contributed by atoms with Gasteiger partial charge in [0, 0.05) is 19.6 Å². The number of nitrogens with one attached hydrogen (secondary N) is 4. The van der Waals surface area contributed by atoms with Gasteiger partial charge in [-0.05, 0) is 35.6 Å². The van der Waals surface area contributed by atoms with Gasteiger partial charge in [-0.25, -0.2) is 4.79 Å². The average Bonchev–Trinajstić information content (AvgIpc) is 2.89. The van der Waals surface area contributed by atoms with E-state index < -0.39 is 12.1 Å². The molecule has 7 nitrogen and oxygen atoms in total. The summed E-state index contributed by atoms with van der Waals surface area (Å²) in [5, 5.41) is 20.5. The highest BCUT2D eigenvalue weighted by Gasteiger charge is 2.20. The molecule has 0 aromatic heterocycles. The smallest absolute Gasteiger partial charge is 0.320 e. The van der Waals surface area contributed by atoms with Crippen molar-refractivity contribution >= 4 is 11.9 Å². The van der Waals surface area contributed by atoms with Crippen molar-refractivity contribution in [2.45, 2.75) is 38.5 Å². The zero-order chi connectivity index (χ0) is 25.8. The van der Waals surface area contributed by atoms with Gasteiger partial charge in [0.15, 0.2) is 0 Å². The molecule has 0 aliphatic heterocycles. The van der Waals surface area contributed by atoms with Gasteiger partial charge in [0.1, 0.15) is 0 Å². The van der Waals surface area contributed by atoms with Crippen molar-refractivity contribution in [2.24, 2.45) is 0 Å². The summed E-state index contributed by atoms with van der Waals surface area (Å²) in [5.41, 5.74) is 4.06. The molecule has 0 fully saturated rings. The fourth-order valence-corrected chi connectivity index (χ4v) is 3.73. The van der Waals surface area contributed by atoms with Crippen LogP contribution in [0.15, 0.2) is 97.3 Å². The van der Waals surface area contributed by atoms with Gasteiger partial charge in [-0.3, -0.25) is 10.1 Å². The van der Waals surface area contributed by atoms with Crippen LogP contribution in [0.4, 0.5) is 4.79 Å². The lowest BCUT2D eigenvalue weighted by atomic mass is 9.91. The Kier molecular flexibility index (Phi) is 10.1. The molecule has 0 aliphatic carbocycles. The number of hydrogen-bond acceptors (Lipinski definition) is 4. The first-order valence-corrected chi connectivity index (χ1v) is 12.0. The van der Waals surface area contributed by atoms with Gasteiger partial charge < -0.3 is 21.1 Å². The molecule has 0 bridgehead atoms. The predicted molar refractivity (Wildman–Crippen MR) is 142 cm³/mol. The van der Waals surface area contributed by atoms with Crippen molar-refractivity contribution in [3.63, 3.8) is 0 Å². The average molecular weight is 487 g/mol. The third-order valence-electron chi connectivity index (χ3n) is 5.59. The SMILES string of the molecule is C=C(NCc1cccc(CNC(=O)C(Cc2ccccc2)c2ccccc2)c1)NC(=O)NCC(C)O. The second-order valence-corrected chi connectivity index (χ2v) is 8.71. The molecule has 3 amide bonds. The van der Waals surface area contributed by atoms with Crippen molar-refractivity contribution < 1.29 is 14.7 Å². The molecule has 0 aliphatic rings. The van der Waals surface area contributed by atoms with E-state index in [0.29, 0.717) is 25.3 Å². The van der Waals surface area contributed by atoms with Gasteiger partial charge in [-0.2, -0.15) is 0 Å². The Hall–Kier alpha value is -4.10. The van der Waals surface area contributed by atoms with E-state index in [1.54, 1.807) is 6.92 Å². The molecule has 3 rings (SSSR count). The van der Waals surface area contributed by atoms with Crippen LogP contribution in [0.3, 0.4) is 0 Å². The van der Waals surface area contributed by atoms with E-state index in [1.807, 2.05) is 84.9 Å².